The number of methoxy groups -OCH3 is 2. The number of rotatable bonds is 7. The largest absolute Gasteiger partial charge is 0.493 e. The number of nitrogens with one attached hydrogen (secondary N) is 1. The Kier molecular flexibility index (Phi) is 6.11. The van der Waals surface area contributed by atoms with Crippen LogP contribution in [0.25, 0.3) is 0 Å². The third-order valence-corrected chi connectivity index (χ3v) is 6.11. The molecule has 164 valence electrons. The van der Waals surface area contributed by atoms with Gasteiger partial charge in [0.25, 0.3) is 0 Å². The van der Waals surface area contributed by atoms with Gasteiger partial charge in [0.2, 0.25) is 11.8 Å². The highest BCUT2D eigenvalue weighted by Gasteiger charge is 2.44. The highest BCUT2D eigenvalue weighted by Crippen LogP contribution is 2.43. The van der Waals surface area contributed by atoms with Crippen LogP contribution in [0.4, 0.5) is 4.39 Å². The van der Waals surface area contributed by atoms with E-state index < -0.39 is 5.92 Å². The van der Waals surface area contributed by atoms with Crippen LogP contribution in [0, 0.1) is 17.7 Å². The fraction of sp³-hybridized carbons (Fsp3) is 0.417. The first-order chi connectivity index (χ1) is 15.0. The molecule has 31 heavy (non-hydrogen) atoms. The van der Waals surface area contributed by atoms with Crippen molar-refractivity contribution in [3.8, 4) is 11.5 Å². The molecule has 0 aromatic heterocycles. The predicted molar refractivity (Wildman–Crippen MR) is 113 cm³/mol. The van der Waals surface area contributed by atoms with Crippen LogP contribution in [0.1, 0.15) is 29.9 Å². The summed E-state index contributed by atoms with van der Waals surface area (Å²) in [5.74, 6) is 0.333. The van der Waals surface area contributed by atoms with Crippen LogP contribution in [0.2, 0.25) is 0 Å². The standard InChI is InChI=1S/C24H27FN2O4/c1-30-21-5-3-4-18(22(21)31-2)19-13-27(24(29)16-8-9-16)14-20(19)23(28)26-12-15-6-10-17(25)11-7-15/h3-7,10-11,16,19-20H,8-9,12-14H2,1-2H3,(H,26,28)/t19-,20-/m0/s1. The lowest BCUT2D eigenvalue weighted by atomic mass is 9.87. The minimum absolute atomic E-state index is 0.0916. The van der Waals surface area contributed by atoms with Crippen LogP contribution in [0.15, 0.2) is 42.5 Å². The van der Waals surface area contributed by atoms with Crippen LogP contribution < -0.4 is 14.8 Å². The zero-order chi connectivity index (χ0) is 22.0. The Morgan fingerprint density at radius 2 is 1.81 bits per heavy atom. The van der Waals surface area contributed by atoms with Crippen molar-refractivity contribution in [1.82, 2.24) is 10.2 Å². The van der Waals surface area contributed by atoms with Crippen molar-refractivity contribution < 1.29 is 23.5 Å². The average molecular weight is 426 g/mol. The number of hydrogen-bond donors (Lipinski definition) is 1. The van der Waals surface area contributed by atoms with Crippen molar-refractivity contribution in [1.29, 1.82) is 0 Å². The Hall–Kier alpha value is -3.09. The molecule has 0 unspecified atom stereocenters. The number of nitrogens with zero attached hydrogens (tertiary/aromatic N) is 1. The van der Waals surface area contributed by atoms with E-state index in [0.717, 1.165) is 24.0 Å². The van der Waals surface area contributed by atoms with Gasteiger partial charge in [-0.3, -0.25) is 9.59 Å². The number of halogens is 1. The predicted octanol–water partition coefficient (Wildman–Crippen LogP) is 3.11. The van der Waals surface area contributed by atoms with Gasteiger partial charge >= 0.3 is 0 Å². The molecule has 2 aromatic carbocycles. The number of para-hydroxylation sites is 1. The van der Waals surface area contributed by atoms with E-state index in [1.54, 1.807) is 26.4 Å². The lowest BCUT2D eigenvalue weighted by molar-refractivity contribution is -0.132. The number of carbonyl (C=O) groups is 2. The molecule has 1 aliphatic heterocycles. The molecule has 7 heteroatoms. The summed E-state index contributed by atoms with van der Waals surface area (Å²) in [6.07, 6.45) is 1.84. The smallest absolute Gasteiger partial charge is 0.225 e. The monoisotopic (exact) mass is 426 g/mol. The fourth-order valence-corrected chi connectivity index (χ4v) is 4.28. The van der Waals surface area contributed by atoms with Crippen molar-refractivity contribution >= 4 is 11.8 Å². The number of hydrogen-bond acceptors (Lipinski definition) is 4. The van der Waals surface area contributed by atoms with Crippen LogP contribution >= 0.6 is 0 Å². The first-order valence-electron chi connectivity index (χ1n) is 10.5. The second kappa shape index (κ2) is 8.96. The lowest BCUT2D eigenvalue weighted by Gasteiger charge is -2.21. The average Bonchev–Trinajstić information content (AvgIpc) is 3.55. The van der Waals surface area contributed by atoms with Crippen molar-refractivity contribution in [2.75, 3.05) is 27.3 Å². The van der Waals surface area contributed by atoms with E-state index in [9.17, 15) is 14.0 Å². The van der Waals surface area contributed by atoms with Gasteiger partial charge in [-0.1, -0.05) is 24.3 Å². The highest BCUT2D eigenvalue weighted by molar-refractivity contribution is 5.85. The molecule has 4 rings (SSSR count). The fourth-order valence-electron chi connectivity index (χ4n) is 4.28. The van der Waals surface area contributed by atoms with E-state index in [1.165, 1.54) is 12.1 Å². The van der Waals surface area contributed by atoms with Gasteiger partial charge < -0.3 is 19.7 Å². The van der Waals surface area contributed by atoms with Gasteiger partial charge in [0, 0.05) is 37.0 Å². The van der Waals surface area contributed by atoms with Crippen LogP contribution in [0.3, 0.4) is 0 Å². The summed E-state index contributed by atoms with van der Waals surface area (Å²) >= 11 is 0. The highest BCUT2D eigenvalue weighted by atomic mass is 19.1. The summed E-state index contributed by atoms with van der Waals surface area (Å²) in [5.41, 5.74) is 1.67. The third kappa shape index (κ3) is 4.50. The lowest BCUT2D eigenvalue weighted by Crippen LogP contribution is -2.35. The Bertz CT molecular complexity index is 959. The topological polar surface area (TPSA) is 67.9 Å². The van der Waals surface area contributed by atoms with Crippen molar-refractivity contribution in [2.24, 2.45) is 11.8 Å². The summed E-state index contributed by atoms with van der Waals surface area (Å²) in [6.45, 7) is 1.14. The van der Waals surface area contributed by atoms with E-state index in [0.29, 0.717) is 31.1 Å². The molecule has 1 aliphatic carbocycles. The molecule has 2 aliphatic rings. The Morgan fingerprint density at radius 3 is 2.45 bits per heavy atom. The normalized spacial score (nSPS) is 20.4. The molecule has 1 heterocycles. The molecule has 1 saturated heterocycles. The molecule has 0 bridgehead atoms. The van der Waals surface area contributed by atoms with Crippen molar-refractivity contribution in [2.45, 2.75) is 25.3 Å². The molecule has 2 fully saturated rings. The van der Waals surface area contributed by atoms with Gasteiger partial charge in [0.1, 0.15) is 5.82 Å². The Morgan fingerprint density at radius 1 is 1.06 bits per heavy atom. The molecule has 2 atom stereocenters. The van der Waals surface area contributed by atoms with Gasteiger partial charge in [0.15, 0.2) is 11.5 Å². The molecule has 2 aromatic rings. The second-order valence-corrected chi connectivity index (χ2v) is 8.16. The van der Waals surface area contributed by atoms with Crippen molar-refractivity contribution in [3.63, 3.8) is 0 Å². The molecule has 0 radical (unpaired) electrons. The number of amides is 2. The summed E-state index contributed by atoms with van der Waals surface area (Å²) < 4.78 is 24.2. The van der Waals surface area contributed by atoms with Gasteiger partial charge in [-0.05, 0) is 36.6 Å². The first-order valence-corrected chi connectivity index (χ1v) is 10.5. The molecule has 0 spiro atoms. The molecular formula is C24H27FN2O4. The summed E-state index contributed by atoms with van der Waals surface area (Å²) in [4.78, 5) is 27.7. The SMILES string of the molecule is COc1cccc([C@@H]2CN(C(=O)C3CC3)C[C@@H]2C(=O)NCc2ccc(F)cc2)c1OC. The summed E-state index contributed by atoms with van der Waals surface area (Å²) in [6, 6.07) is 11.7. The van der Waals surface area contributed by atoms with E-state index in [4.69, 9.17) is 9.47 Å². The number of likely N-dealkylation sites (tertiary alicyclic amines) is 1. The van der Waals surface area contributed by atoms with Gasteiger partial charge in [0.05, 0.1) is 20.1 Å². The quantitative estimate of drug-likeness (QED) is 0.739. The zero-order valence-corrected chi connectivity index (χ0v) is 17.8. The molecule has 1 N–H and O–H groups in total. The molecular weight excluding hydrogens is 399 g/mol. The second-order valence-electron chi connectivity index (χ2n) is 8.16. The van der Waals surface area contributed by atoms with Crippen molar-refractivity contribution in [3.05, 3.63) is 59.4 Å². The molecule has 6 nitrogen and oxygen atoms in total. The number of ether oxygens (including phenoxy) is 2. The third-order valence-electron chi connectivity index (χ3n) is 6.11. The van der Waals surface area contributed by atoms with Crippen LogP contribution in [0.5, 0.6) is 11.5 Å². The van der Waals surface area contributed by atoms with Gasteiger partial charge in [-0.15, -0.1) is 0 Å². The van der Waals surface area contributed by atoms with Gasteiger partial charge in [-0.25, -0.2) is 4.39 Å². The summed E-state index contributed by atoms with van der Waals surface area (Å²) in [5, 5.41) is 2.96. The minimum Gasteiger partial charge on any atom is -0.493 e. The minimum atomic E-state index is -0.413. The molecule has 1 saturated carbocycles. The van der Waals surface area contributed by atoms with Gasteiger partial charge in [-0.2, -0.15) is 0 Å². The van der Waals surface area contributed by atoms with E-state index in [1.807, 2.05) is 23.1 Å². The summed E-state index contributed by atoms with van der Waals surface area (Å²) in [7, 11) is 3.15. The Balaban J connectivity index is 1.57. The first kappa shape index (κ1) is 21.2. The van der Waals surface area contributed by atoms with Crippen LogP contribution in [-0.2, 0) is 16.1 Å². The maximum absolute atomic E-state index is 13.2. The number of carbonyl (C=O) groups excluding carboxylic acids is 2. The molecule has 2 amide bonds. The van der Waals surface area contributed by atoms with Crippen LogP contribution in [-0.4, -0.2) is 44.0 Å². The maximum atomic E-state index is 13.2. The van der Waals surface area contributed by atoms with E-state index in [2.05, 4.69) is 5.32 Å². The maximum Gasteiger partial charge on any atom is 0.225 e. The van der Waals surface area contributed by atoms with E-state index in [-0.39, 0.29) is 29.5 Å². The Labute approximate surface area is 181 Å². The zero-order valence-electron chi connectivity index (χ0n) is 17.8. The van der Waals surface area contributed by atoms with E-state index >= 15 is 0 Å². The number of benzene rings is 2.